The summed E-state index contributed by atoms with van der Waals surface area (Å²) in [6, 6.07) is 14.2. The van der Waals surface area contributed by atoms with E-state index in [1.54, 1.807) is 43.3 Å². The predicted octanol–water partition coefficient (Wildman–Crippen LogP) is 3.68. The van der Waals surface area contributed by atoms with Gasteiger partial charge in [-0.25, -0.2) is 0 Å². The second-order valence-electron chi connectivity index (χ2n) is 4.20. The van der Waals surface area contributed by atoms with Gasteiger partial charge in [0.05, 0.1) is 0 Å². The van der Waals surface area contributed by atoms with Crippen LogP contribution >= 0.6 is 15.9 Å². The summed E-state index contributed by atoms with van der Waals surface area (Å²) < 4.78 is 6.54. The zero-order valence-electron chi connectivity index (χ0n) is 10.5. The molecule has 0 amide bonds. The molecule has 0 aliphatic carbocycles. The molecule has 0 radical (unpaired) electrons. The van der Waals surface area contributed by atoms with Crippen molar-refractivity contribution in [2.45, 2.75) is 13.0 Å². The van der Waals surface area contributed by atoms with Crippen LogP contribution in [-0.2, 0) is 0 Å². The third-order valence-electron chi connectivity index (χ3n) is 2.69. The third-order valence-corrected chi connectivity index (χ3v) is 3.22. The first kappa shape index (κ1) is 13.6. The molecule has 0 saturated heterocycles. The summed E-state index contributed by atoms with van der Waals surface area (Å²) in [7, 11) is 0. The van der Waals surface area contributed by atoms with Crippen molar-refractivity contribution in [2.24, 2.45) is 0 Å². The molecule has 0 aliphatic heterocycles. The predicted molar refractivity (Wildman–Crippen MR) is 79.4 cm³/mol. The normalized spacial score (nSPS) is 11.9. The van der Waals surface area contributed by atoms with Crippen molar-refractivity contribution in [2.75, 3.05) is 5.73 Å². The highest BCUT2D eigenvalue weighted by atomic mass is 79.9. The SMILES string of the molecule is CC(Oc1ccc(N)cc1)C(=O)c1ccc(Br)cc1. The lowest BCUT2D eigenvalue weighted by Gasteiger charge is -2.13. The van der Waals surface area contributed by atoms with Crippen LogP contribution in [0.25, 0.3) is 0 Å². The summed E-state index contributed by atoms with van der Waals surface area (Å²) in [4.78, 5) is 12.2. The average Bonchev–Trinajstić information content (AvgIpc) is 2.41. The van der Waals surface area contributed by atoms with Crippen molar-refractivity contribution in [3.63, 3.8) is 0 Å². The Kier molecular flexibility index (Phi) is 4.22. The van der Waals surface area contributed by atoms with Gasteiger partial charge in [-0.05, 0) is 43.3 Å². The maximum absolute atomic E-state index is 12.2. The van der Waals surface area contributed by atoms with Crippen molar-refractivity contribution >= 4 is 27.4 Å². The molecule has 98 valence electrons. The Morgan fingerprint density at radius 3 is 2.26 bits per heavy atom. The van der Waals surface area contributed by atoms with E-state index in [2.05, 4.69) is 15.9 Å². The molecule has 0 fully saturated rings. The summed E-state index contributed by atoms with van der Waals surface area (Å²) in [5, 5.41) is 0. The summed E-state index contributed by atoms with van der Waals surface area (Å²) in [5.41, 5.74) is 6.89. The number of ether oxygens (including phenoxy) is 1. The molecular formula is C15H14BrNO2. The van der Waals surface area contributed by atoms with E-state index in [1.165, 1.54) is 0 Å². The number of ketones is 1. The molecule has 0 aromatic heterocycles. The minimum absolute atomic E-state index is 0.0516. The molecule has 2 rings (SSSR count). The molecule has 1 unspecified atom stereocenters. The van der Waals surface area contributed by atoms with E-state index in [9.17, 15) is 4.79 Å². The van der Waals surface area contributed by atoms with Crippen molar-refractivity contribution in [1.29, 1.82) is 0 Å². The van der Waals surface area contributed by atoms with Crippen molar-refractivity contribution < 1.29 is 9.53 Å². The Bertz CT molecular complexity index is 564. The monoisotopic (exact) mass is 319 g/mol. The standard InChI is InChI=1S/C15H14BrNO2/c1-10(19-14-8-6-13(17)7-9-14)15(18)11-2-4-12(16)5-3-11/h2-10H,17H2,1H3. The number of nitrogen functional groups attached to an aromatic ring is 1. The first-order chi connectivity index (χ1) is 9.06. The molecule has 2 N–H and O–H groups in total. The number of hydrogen-bond donors (Lipinski definition) is 1. The number of anilines is 1. The van der Waals surface area contributed by atoms with Gasteiger partial charge in [0.2, 0.25) is 5.78 Å². The van der Waals surface area contributed by atoms with Gasteiger partial charge in [-0.3, -0.25) is 4.79 Å². The van der Waals surface area contributed by atoms with Crippen LogP contribution in [0.3, 0.4) is 0 Å². The van der Waals surface area contributed by atoms with Crippen LogP contribution in [0.5, 0.6) is 5.75 Å². The van der Waals surface area contributed by atoms with Crippen LogP contribution in [0.1, 0.15) is 17.3 Å². The summed E-state index contributed by atoms with van der Waals surface area (Å²) in [6.45, 7) is 1.74. The molecule has 0 heterocycles. The quantitative estimate of drug-likeness (QED) is 0.690. The number of carbonyl (C=O) groups excluding carboxylic acids is 1. The molecule has 0 saturated carbocycles. The fourth-order valence-electron chi connectivity index (χ4n) is 1.65. The highest BCUT2D eigenvalue weighted by Crippen LogP contribution is 2.17. The molecule has 19 heavy (non-hydrogen) atoms. The van der Waals surface area contributed by atoms with Gasteiger partial charge in [0.15, 0.2) is 6.10 Å². The number of nitrogens with two attached hydrogens (primary N) is 1. The lowest BCUT2D eigenvalue weighted by molar-refractivity contribution is 0.0818. The molecular weight excluding hydrogens is 306 g/mol. The Morgan fingerprint density at radius 2 is 1.68 bits per heavy atom. The van der Waals surface area contributed by atoms with Crippen LogP contribution in [0, 0.1) is 0 Å². The highest BCUT2D eigenvalue weighted by molar-refractivity contribution is 9.10. The van der Waals surface area contributed by atoms with Gasteiger partial charge in [0, 0.05) is 15.7 Å². The molecule has 4 heteroatoms. The first-order valence-corrected chi connectivity index (χ1v) is 6.67. The van der Waals surface area contributed by atoms with Gasteiger partial charge in [-0.15, -0.1) is 0 Å². The lowest BCUT2D eigenvalue weighted by atomic mass is 10.1. The second kappa shape index (κ2) is 5.89. The fourth-order valence-corrected chi connectivity index (χ4v) is 1.92. The summed E-state index contributed by atoms with van der Waals surface area (Å²) in [5.74, 6) is 0.580. The highest BCUT2D eigenvalue weighted by Gasteiger charge is 2.16. The van der Waals surface area contributed by atoms with E-state index >= 15 is 0 Å². The fraction of sp³-hybridized carbons (Fsp3) is 0.133. The van der Waals surface area contributed by atoms with Gasteiger partial charge in [-0.2, -0.15) is 0 Å². The largest absolute Gasteiger partial charge is 0.483 e. The van der Waals surface area contributed by atoms with E-state index in [0.717, 1.165) is 4.47 Å². The number of halogens is 1. The van der Waals surface area contributed by atoms with E-state index in [4.69, 9.17) is 10.5 Å². The maximum Gasteiger partial charge on any atom is 0.202 e. The molecule has 1 atom stereocenters. The summed E-state index contributed by atoms with van der Waals surface area (Å²) in [6.07, 6.45) is -0.537. The number of benzene rings is 2. The van der Waals surface area contributed by atoms with E-state index in [0.29, 0.717) is 17.0 Å². The van der Waals surface area contributed by atoms with Gasteiger partial charge in [0.25, 0.3) is 0 Å². The number of rotatable bonds is 4. The summed E-state index contributed by atoms with van der Waals surface area (Å²) >= 11 is 3.34. The van der Waals surface area contributed by atoms with Crippen LogP contribution < -0.4 is 10.5 Å². The Hall–Kier alpha value is -1.81. The maximum atomic E-state index is 12.2. The number of Topliss-reactive ketones (excluding diaryl/α,β-unsaturated/α-hetero) is 1. The second-order valence-corrected chi connectivity index (χ2v) is 5.12. The van der Waals surface area contributed by atoms with Crippen LogP contribution in [-0.4, -0.2) is 11.9 Å². The smallest absolute Gasteiger partial charge is 0.202 e. The molecule has 0 spiro atoms. The van der Waals surface area contributed by atoms with Crippen molar-refractivity contribution in [3.05, 3.63) is 58.6 Å². The van der Waals surface area contributed by atoms with Gasteiger partial charge >= 0.3 is 0 Å². The molecule has 0 aliphatic rings. The van der Waals surface area contributed by atoms with Crippen LogP contribution in [0.4, 0.5) is 5.69 Å². The lowest BCUT2D eigenvalue weighted by Crippen LogP contribution is -2.23. The molecule has 3 nitrogen and oxygen atoms in total. The minimum atomic E-state index is -0.537. The minimum Gasteiger partial charge on any atom is -0.483 e. The molecule has 2 aromatic rings. The van der Waals surface area contributed by atoms with Gasteiger partial charge in [-0.1, -0.05) is 28.1 Å². The Morgan fingerprint density at radius 1 is 1.11 bits per heavy atom. The van der Waals surface area contributed by atoms with Crippen molar-refractivity contribution in [3.8, 4) is 5.75 Å². The van der Waals surface area contributed by atoms with E-state index in [-0.39, 0.29) is 5.78 Å². The molecule has 0 bridgehead atoms. The third kappa shape index (κ3) is 3.58. The molecule has 2 aromatic carbocycles. The Labute approximate surface area is 120 Å². The van der Waals surface area contributed by atoms with Gasteiger partial charge in [0.1, 0.15) is 5.75 Å². The topological polar surface area (TPSA) is 52.3 Å². The van der Waals surface area contributed by atoms with E-state index < -0.39 is 6.10 Å². The zero-order chi connectivity index (χ0) is 13.8. The first-order valence-electron chi connectivity index (χ1n) is 5.88. The van der Waals surface area contributed by atoms with Crippen LogP contribution in [0.2, 0.25) is 0 Å². The zero-order valence-corrected chi connectivity index (χ0v) is 12.1. The Balaban J connectivity index is 2.07. The number of carbonyl (C=O) groups is 1. The van der Waals surface area contributed by atoms with Crippen molar-refractivity contribution in [1.82, 2.24) is 0 Å². The van der Waals surface area contributed by atoms with Crippen LogP contribution in [0.15, 0.2) is 53.0 Å². The number of hydrogen-bond acceptors (Lipinski definition) is 3. The van der Waals surface area contributed by atoms with Gasteiger partial charge < -0.3 is 10.5 Å². The van der Waals surface area contributed by atoms with E-state index in [1.807, 2.05) is 12.1 Å². The average molecular weight is 320 g/mol.